The molecule has 118 valence electrons. The van der Waals surface area contributed by atoms with Crippen LogP contribution in [0.25, 0.3) is 0 Å². The molecule has 0 unspecified atom stereocenters. The zero-order valence-electron chi connectivity index (χ0n) is 12.4. The summed E-state index contributed by atoms with van der Waals surface area (Å²) in [6.07, 6.45) is -0.276. The summed E-state index contributed by atoms with van der Waals surface area (Å²) in [5.41, 5.74) is 2.02. The highest BCUT2D eigenvalue weighted by molar-refractivity contribution is 6.30. The molecule has 0 aliphatic carbocycles. The molecule has 1 aliphatic rings. The Morgan fingerprint density at radius 3 is 2.74 bits per heavy atom. The number of ether oxygens (including phenoxy) is 1. The maximum absolute atomic E-state index is 12.1. The maximum atomic E-state index is 12.1. The van der Waals surface area contributed by atoms with E-state index >= 15 is 0 Å². The Kier molecular flexibility index (Phi) is 4.21. The average molecular weight is 331 g/mol. The molecule has 0 fully saturated rings. The van der Waals surface area contributed by atoms with Gasteiger partial charge in [-0.2, -0.15) is 0 Å². The van der Waals surface area contributed by atoms with E-state index in [4.69, 9.17) is 16.3 Å². The third kappa shape index (κ3) is 3.63. The van der Waals surface area contributed by atoms with Crippen molar-refractivity contribution in [2.45, 2.75) is 19.4 Å². The molecule has 2 aromatic rings. The van der Waals surface area contributed by atoms with Gasteiger partial charge in [0.2, 0.25) is 5.91 Å². The summed E-state index contributed by atoms with van der Waals surface area (Å²) >= 11 is 5.82. The van der Waals surface area contributed by atoms with Crippen LogP contribution in [0.2, 0.25) is 5.02 Å². The molecular weight excluding hydrogens is 316 g/mol. The van der Waals surface area contributed by atoms with E-state index in [2.05, 4.69) is 10.6 Å². The van der Waals surface area contributed by atoms with E-state index in [9.17, 15) is 9.59 Å². The zero-order chi connectivity index (χ0) is 16.4. The number of carbonyl (C=O) groups excluding carboxylic acids is 2. The van der Waals surface area contributed by atoms with Crippen LogP contribution in [0, 0.1) is 0 Å². The van der Waals surface area contributed by atoms with Gasteiger partial charge >= 0.3 is 0 Å². The monoisotopic (exact) mass is 330 g/mol. The minimum absolute atomic E-state index is 0.149. The van der Waals surface area contributed by atoms with E-state index in [1.807, 2.05) is 12.1 Å². The van der Waals surface area contributed by atoms with Gasteiger partial charge < -0.3 is 15.4 Å². The van der Waals surface area contributed by atoms with Crippen LogP contribution in [0.15, 0.2) is 42.5 Å². The fraction of sp³-hybridized carbons (Fsp3) is 0.176. The molecule has 5 nitrogen and oxygen atoms in total. The van der Waals surface area contributed by atoms with E-state index in [-0.39, 0.29) is 18.2 Å². The second-order valence-electron chi connectivity index (χ2n) is 5.31. The number of benzene rings is 2. The lowest BCUT2D eigenvalue weighted by atomic mass is 10.1. The Labute approximate surface area is 138 Å². The third-order valence-electron chi connectivity index (χ3n) is 3.47. The molecule has 0 aromatic heterocycles. The first-order chi connectivity index (χ1) is 11.0. The lowest BCUT2D eigenvalue weighted by Gasteiger charge is -2.23. The third-order valence-corrected chi connectivity index (χ3v) is 3.72. The van der Waals surface area contributed by atoms with Crippen molar-refractivity contribution in [3.8, 4) is 5.75 Å². The molecule has 2 amide bonds. The van der Waals surface area contributed by atoms with Crippen LogP contribution in [-0.2, 0) is 16.0 Å². The number of halogens is 1. The van der Waals surface area contributed by atoms with Crippen molar-refractivity contribution in [1.82, 2.24) is 0 Å². The molecule has 0 saturated heterocycles. The molecule has 1 aliphatic heterocycles. The van der Waals surface area contributed by atoms with E-state index < -0.39 is 6.10 Å². The Morgan fingerprint density at radius 2 is 2.00 bits per heavy atom. The van der Waals surface area contributed by atoms with Gasteiger partial charge in [0.15, 0.2) is 6.10 Å². The Balaban J connectivity index is 1.68. The predicted octanol–water partition coefficient (Wildman–Crippen LogP) is 3.24. The van der Waals surface area contributed by atoms with Crippen LogP contribution in [0.4, 0.5) is 11.4 Å². The summed E-state index contributed by atoms with van der Waals surface area (Å²) in [7, 11) is 0. The smallest absolute Gasteiger partial charge is 0.265 e. The molecule has 0 radical (unpaired) electrons. The first kappa shape index (κ1) is 15.4. The fourth-order valence-corrected chi connectivity index (χ4v) is 2.41. The van der Waals surface area contributed by atoms with Gasteiger partial charge in [-0.05, 0) is 42.8 Å². The van der Waals surface area contributed by atoms with Crippen molar-refractivity contribution in [1.29, 1.82) is 0 Å². The minimum Gasteiger partial charge on any atom is -0.479 e. The summed E-state index contributed by atoms with van der Waals surface area (Å²) in [6, 6.07) is 12.3. The quantitative estimate of drug-likeness (QED) is 0.907. The second-order valence-corrected chi connectivity index (χ2v) is 5.75. The van der Waals surface area contributed by atoms with Crippen molar-refractivity contribution < 1.29 is 14.3 Å². The zero-order valence-corrected chi connectivity index (χ0v) is 13.2. The Morgan fingerprint density at radius 1 is 1.26 bits per heavy atom. The van der Waals surface area contributed by atoms with E-state index in [1.54, 1.807) is 37.3 Å². The summed E-state index contributed by atoms with van der Waals surface area (Å²) in [4.78, 5) is 23.7. The van der Waals surface area contributed by atoms with Gasteiger partial charge in [0.05, 0.1) is 12.1 Å². The molecule has 2 N–H and O–H groups in total. The van der Waals surface area contributed by atoms with Gasteiger partial charge in [0, 0.05) is 10.7 Å². The van der Waals surface area contributed by atoms with Gasteiger partial charge in [0.25, 0.3) is 5.91 Å². The molecule has 1 atom stereocenters. The van der Waals surface area contributed by atoms with Crippen molar-refractivity contribution in [2.24, 2.45) is 0 Å². The van der Waals surface area contributed by atoms with Crippen LogP contribution >= 0.6 is 11.6 Å². The summed E-state index contributed by atoms with van der Waals surface area (Å²) in [5.74, 6) is 0.235. The highest BCUT2D eigenvalue weighted by atomic mass is 35.5. The van der Waals surface area contributed by atoms with Gasteiger partial charge in [-0.25, -0.2) is 0 Å². The summed E-state index contributed by atoms with van der Waals surface area (Å²) < 4.78 is 5.47. The highest BCUT2D eigenvalue weighted by Crippen LogP contribution is 2.32. The fourth-order valence-electron chi connectivity index (χ4n) is 2.28. The van der Waals surface area contributed by atoms with Crippen molar-refractivity contribution in [3.05, 3.63) is 53.1 Å². The predicted molar refractivity (Wildman–Crippen MR) is 88.9 cm³/mol. The number of hydrogen-bond donors (Lipinski definition) is 2. The molecule has 1 heterocycles. The largest absolute Gasteiger partial charge is 0.479 e. The first-order valence-electron chi connectivity index (χ1n) is 7.17. The SMILES string of the molecule is C[C@@H]1Oc2ccc(NC(=O)Cc3ccc(Cl)cc3)cc2NC1=O. The van der Waals surface area contributed by atoms with E-state index in [0.717, 1.165) is 5.56 Å². The van der Waals surface area contributed by atoms with Crippen molar-refractivity contribution in [3.63, 3.8) is 0 Å². The molecule has 0 spiro atoms. The van der Waals surface area contributed by atoms with Crippen LogP contribution in [0.5, 0.6) is 5.75 Å². The maximum Gasteiger partial charge on any atom is 0.265 e. The molecule has 0 bridgehead atoms. The lowest BCUT2D eigenvalue weighted by molar-refractivity contribution is -0.122. The van der Waals surface area contributed by atoms with Crippen LogP contribution < -0.4 is 15.4 Å². The van der Waals surface area contributed by atoms with Gasteiger partial charge in [-0.3, -0.25) is 9.59 Å². The molecule has 6 heteroatoms. The molecular formula is C17H15ClN2O3. The number of anilines is 2. The van der Waals surface area contributed by atoms with Crippen LogP contribution in [0.3, 0.4) is 0 Å². The Hall–Kier alpha value is -2.53. The first-order valence-corrected chi connectivity index (χ1v) is 7.55. The summed E-state index contributed by atoms with van der Waals surface area (Å²) in [5, 5.41) is 6.18. The second kappa shape index (κ2) is 6.30. The number of nitrogens with one attached hydrogen (secondary N) is 2. The topological polar surface area (TPSA) is 67.4 Å². The standard InChI is InChI=1S/C17H15ClN2O3/c1-10-17(22)20-14-9-13(6-7-15(14)23-10)19-16(21)8-11-2-4-12(18)5-3-11/h2-7,9-10H,8H2,1H3,(H,19,21)(H,20,22)/t10-/m0/s1. The van der Waals surface area contributed by atoms with Gasteiger partial charge in [-0.1, -0.05) is 23.7 Å². The lowest BCUT2D eigenvalue weighted by Crippen LogP contribution is -2.34. The summed E-state index contributed by atoms with van der Waals surface area (Å²) in [6.45, 7) is 1.68. The number of rotatable bonds is 3. The number of hydrogen-bond acceptors (Lipinski definition) is 3. The highest BCUT2D eigenvalue weighted by Gasteiger charge is 2.23. The van der Waals surface area contributed by atoms with Gasteiger partial charge in [0.1, 0.15) is 5.75 Å². The van der Waals surface area contributed by atoms with E-state index in [0.29, 0.717) is 22.1 Å². The normalized spacial score (nSPS) is 16.1. The van der Waals surface area contributed by atoms with E-state index in [1.165, 1.54) is 0 Å². The molecule has 3 rings (SSSR count). The number of fused-ring (bicyclic) bond motifs is 1. The average Bonchev–Trinajstić information content (AvgIpc) is 2.51. The molecule has 0 saturated carbocycles. The molecule has 23 heavy (non-hydrogen) atoms. The minimum atomic E-state index is -0.521. The number of amides is 2. The Bertz CT molecular complexity index is 759. The van der Waals surface area contributed by atoms with Crippen molar-refractivity contribution in [2.75, 3.05) is 10.6 Å². The number of carbonyl (C=O) groups is 2. The van der Waals surface area contributed by atoms with Gasteiger partial charge in [-0.15, -0.1) is 0 Å². The van der Waals surface area contributed by atoms with Crippen LogP contribution in [0.1, 0.15) is 12.5 Å². The van der Waals surface area contributed by atoms with Crippen LogP contribution in [-0.4, -0.2) is 17.9 Å². The molecule has 2 aromatic carbocycles. The van der Waals surface area contributed by atoms with Crippen molar-refractivity contribution >= 4 is 34.8 Å².